The minimum Gasteiger partial charge on any atom is -0.481 e. The van der Waals surface area contributed by atoms with Gasteiger partial charge in [0.05, 0.1) is 13.2 Å². The van der Waals surface area contributed by atoms with Crippen LogP contribution in [-0.4, -0.2) is 74.4 Å². The molecule has 0 unspecified atom stereocenters. The number of anilines is 1. The third-order valence-corrected chi connectivity index (χ3v) is 5.23. The second-order valence-corrected chi connectivity index (χ2v) is 6.98. The fourth-order valence-electron chi connectivity index (χ4n) is 3.80. The number of piperidine rings is 1. The van der Waals surface area contributed by atoms with E-state index in [0.29, 0.717) is 12.4 Å². The van der Waals surface area contributed by atoms with Crippen LogP contribution in [0.3, 0.4) is 0 Å². The van der Waals surface area contributed by atoms with Gasteiger partial charge in [-0.3, -0.25) is 0 Å². The molecule has 138 valence electrons. The summed E-state index contributed by atoms with van der Waals surface area (Å²) in [5, 5.41) is 2.98. The second kappa shape index (κ2) is 7.43. The first-order chi connectivity index (χ1) is 12.0. The van der Waals surface area contributed by atoms with Gasteiger partial charge in [0.25, 0.3) is 0 Å². The Labute approximate surface area is 148 Å². The van der Waals surface area contributed by atoms with Gasteiger partial charge in [0.15, 0.2) is 0 Å². The molecular formula is C17H27N5O3. The van der Waals surface area contributed by atoms with Crippen LogP contribution in [0.25, 0.3) is 0 Å². The van der Waals surface area contributed by atoms with E-state index in [0.717, 1.165) is 44.8 Å². The quantitative estimate of drug-likeness (QED) is 0.858. The molecule has 2 aliphatic rings. The molecule has 2 amide bonds. The molecule has 8 heteroatoms. The number of aromatic nitrogens is 2. The number of carbonyl (C=O) groups is 1. The topological polar surface area (TPSA) is 79.8 Å². The Hall–Kier alpha value is -2.09. The van der Waals surface area contributed by atoms with E-state index in [4.69, 9.17) is 9.47 Å². The van der Waals surface area contributed by atoms with Crippen LogP contribution >= 0.6 is 0 Å². The third-order valence-electron chi connectivity index (χ3n) is 5.23. The third kappa shape index (κ3) is 3.78. The summed E-state index contributed by atoms with van der Waals surface area (Å²) in [6.07, 6.45) is 4.66. The number of nitrogens with zero attached hydrogens (tertiary/aromatic N) is 4. The number of nitrogens with one attached hydrogen (secondary N) is 1. The lowest BCUT2D eigenvalue weighted by molar-refractivity contribution is 0.0289. The molecular weight excluding hydrogens is 322 g/mol. The summed E-state index contributed by atoms with van der Waals surface area (Å²) in [7, 11) is 5.11. The number of methoxy groups -OCH3 is 1. The largest absolute Gasteiger partial charge is 0.481 e. The van der Waals surface area contributed by atoms with Crippen molar-refractivity contribution in [2.45, 2.75) is 25.4 Å². The molecule has 3 rings (SSSR count). The highest BCUT2D eigenvalue weighted by molar-refractivity contribution is 5.73. The molecule has 2 fully saturated rings. The number of ether oxygens (including phenoxy) is 2. The van der Waals surface area contributed by atoms with Crippen LogP contribution in [0.15, 0.2) is 12.4 Å². The monoisotopic (exact) mass is 349 g/mol. The van der Waals surface area contributed by atoms with Gasteiger partial charge in [-0.25, -0.2) is 14.8 Å². The molecule has 2 aliphatic heterocycles. The maximum absolute atomic E-state index is 11.8. The predicted octanol–water partition coefficient (Wildman–Crippen LogP) is 1.13. The summed E-state index contributed by atoms with van der Waals surface area (Å²) in [5.74, 6) is 1.45. The van der Waals surface area contributed by atoms with Crippen LogP contribution in [0.5, 0.6) is 5.88 Å². The number of urea groups is 1. The molecule has 0 bridgehead atoms. The Kier molecular flexibility index (Phi) is 5.27. The van der Waals surface area contributed by atoms with Crippen molar-refractivity contribution in [3.8, 4) is 5.88 Å². The van der Waals surface area contributed by atoms with Gasteiger partial charge in [-0.2, -0.15) is 0 Å². The minimum absolute atomic E-state index is 0.0516. The van der Waals surface area contributed by atoms with Gasteiger partial charge in [0, 0.05) is 51.8 Å². The molecule has 0 aliphatic carbocycles. The van der Waals surface area contributed by atoms with Crippen molar-refractivity contribution in [3.05, 3.63) is 12.4 Å². The summed E-state index contributed by atoms with van der Waals surface area (Å²) in [4.78, 5) is 24.1. The van der Waals surface area contributed by atoms with Crippen LogP contribution in [0.2, 0.25) is 0 Å². The highest BCUT2D eigenvalue weighted by atomic mass is 16.5. The first kappa shape index (κ1) is 17.7. The Morgan fingerprint density at radius 2 is 2.36 bits per heavy atom. The molecule has 0 saturated carbocycles. The molecule has 1 aromatic heterocycles. The first-order valence-corrected chi connectivity index (χ1v) is 8.72. The highest BCUT2D eigenvalue weighted by Gasteiger charge is 2.47. The van der Waals surface area contributed by atoms with E-state index >= 15 is 0 Å². The van der Waals surface area contributed by atoms with E-state index in [1.54, 1.807) is 26.1 Å². The summed E-state index contributed by atoms with van der Waals surface area (Å²) >= 11 is 0. The summed E-state index contributed by atoms with van der Waals surface area (Å²) in [6.45, 7) is 3.21. The maximum atomic E-state index is 11.8. The number of hydrogen-bond donors (Lipinski definition) is 1. The SMILES string of the molecule is COc1cc(N2CC[C@@H]3OCC[C@]3(CCNC(=O)N(C)C)C2)ncn1. The van der Waals surface area contributed by atoms with Gasteiger partial charge in [-0.1, -0.05) is 0 Å². The average Bonchev–Trinajstić information content (AvgIpc) is 3.04. The smallest absolute Gasteiger partial charge is 0.316 e. The molecule has 1 aromatic rings. The number of amides is 2. The van der Waals surface area contributed by atoms with E-state index in [1.165, 1.54) is 6.33 Å². The van der Waals surface area contributed by atoms with Crippen molar-refractivity contribution in [1.82, 2.24) is 20.2 Å². The number of carbonyl (C=O) groups excluding carboxylic acids is 1. The van der Waals surface area contributed by atoms with Crippen molar-refractivity contribution < 1.29 is 14.3 Å². The average molecular weight is 349 g/mol. The van der Waals surface area contributed by atoms with E-state index in [9.17, 15) is 4.79 Å². The minimum atomic E-state index is -0.0555. The van der Waals surface area contributed by atoms with Gasteiger partial charge < -0.3 is 24.6 Å². The first-order valence-electron chi connectivity index (χ1n) is 8.72. The van der Waals surface area contributed by atoms with Crippen LogP contribution in [0, 0.1) is 5.41 Å². The molecule has 3 heterocycles. The molecule has 0 aromatic carbocycles. The highest BCUT2D eigenvalue weighted by Crippen LogP contribution is 2.44. The van der Waals surface area contributed by atoms with Crippen LogP contribution < -0.4 is 15.0 Å². The predicted molar refractivity (Wildman–Crippen MR) is 93.9 cm³/mol. The van der Waals surface area contributed by atoms with Crippen LogP contribution in [-0.2, 0) is 4.74 Å². The number of hydrogen-bond acceptors (Lipinski definition) is 6. The zero-order valence-electron chi connectivity index (χ0n) is 15.2. The van der Waals surface area contributed by atoms with Gasteiger partial charge in [0.2, 0.25) is 5.88 Å². The van der Waals surface area contributed by atoms with Crippen molar-refractivity contribution in [2.75, 3.05) is 52.3 Å². The Balaban J connectivity index is 1.69. The van der Waals surface area contributed by atoms with Gasteiger partial charge in [-0.05, 0) is 19.3 Å². The van der Waals surface area contributed by atoms with Gasteiger partial charge in [0.1, 0.15) is 12.1 Å². The maximum Gasteiger partial charge on any atom is 0.316 e. The number of rotatable bonds is 5. The zero-order chi connectivity index (χ0) is 17.9. The Morgan fingerprint density at radius 3 is 3.12 bits per heavy atom. The van der Waals surface area contributed by atoms with Crippen LogP contribution in [0.1, 0.15) is 19.3 Å². The molecule has 8 nitrogen and oxygen atoms in total. The molecule has 1 N–H and O–H groups in total. The normalized spacial score (nSPS) is 25.4. The Morgan fingerprint density at radius 1 is 1.52 bits per heavy atom. The van der Waals surface area contributed by atoms with Crippen molar-refractivity contribution >= 4 is 11.8 Å². The van der Waals surface area contributed by atoms with E-state index < -0.39 is 0 Å². The molecule has 2 atom stereocenters. The standard InChI is InChI=1S/C17H27N5O3/c1-21(2)16(23)18-7-5-17-6-9-25-13(17)4-8-22(11-17)14-10-15(24-3)20-12-19-14/h10,12-13H,4-9,11H2,1-3H3,(H,18,23)/t13-,17+/m0/s1. The van der Waals surface area contributed by atoms with Gasteiger partial charge in [-0.15, -0.1) is 0 Å². The fourth-order valence-corrected chi connectivity index (χ4v) is 3.80. The van der Waals surface area contributed by atoms with E-state index in [-0.39, 0.29) is 17.6 Å². The van der Waals surface area contributed by atoms with E-state index in [2.05, 4.69) is 20.2 Å². The summed E-state index contributed by atoms with van der Waals surface area (Å²) in [5.41, 5.74) is 0.0516. The fraction of sp³-hybridized carbons (Fsp3) is 0.706. The molecule has 0 spiro atoms. The van der Waals surface area contributed by atoms with E-state index in [1.807, 2.05) is 6.07 Å². The van der Waals surface area contributed by atoms with Crippen molar-refractivity contribution in [1.29, 1.82) is 0 Å². The Bertz CT molecular complexity index is 612. The second-order valence-electron chi connectivity index (χ2n) is 6.98. The molecule has 2 saturated heterocycles. The molecule has 0 radical (unpaired) electrons. The van der Waals surface area contributed by atoms with Crippen molar-refractivity contribution in [3.63, 3.8) is 0 Å². The zero-order valence-corrected chi connectivity index (χ0v) is 15.2. The lowest BCUT2D eigenvalue weighted by atomic mass is 9.74. The summed E-state index contributed by atoms with van der Waals surface area (Å²) in [6, 6.07) is 1.82. The lowest BCUT2D eigenvalue weighted by Gasteiger charge is -2.44. The summed E-state index contributed by atoms with van der Waals surface area (Å²) < 4.78 is 11.2. The lowest BCUT2D eigenvalue weighted by Crippen LogP contribution is -2.51. The number of fused-ring (bicyclic) bond motifs is 1. The molecule has 25 heavy (non-hydrogen) atoms. The van der Waals surface area contributed by atoms with Crippen molar-refractivity contribution in [2.24, 2.45) is 5.41 Å². The van der Waals surface area contributed by atoms with Gasteiger partial charge >= 0.3 is 6.03 Å². The van der Waals surface area contributed by atoms with Crippen LogP contribution in [0.4, 0.5) is 10.6 Å².